The Morgan fingerprint density at radius 1 is 0.900 bits per heavy atom. The van der Waals surface area contributed by atoms with Gasteiger partial charge < -0.3 is 19.9 Å². The Morgan fingerprint density at radius 3 is 2.25 bits per heavy atom. The van der Waals surface area contributed by atoms with Crippen molar-refractivity contribution in [2.45, 2.75) is 13.5 Å². The van der Waals surface area contributed by atoms with E-state index < -0.39 is 0 Å². The van der Waals surface area contributed by atoms with E-state index in [1.165, 1.54) is 0 Å². The van der Waals surface area contributed by atoms with E-state index in [1.807, 2.05) is 43.3 Å². The van der Waals surface area contributed by atoms with Crippen LogP contribution in [-0.2, 0) is 6.61 Å². The van der Waals surface area contributed by atoms with E-state index in [9.17, 15) is 0 Å². The zero-order valence-electron chi connectivity index (χ0n) is 12.0. The van der Waals surface area contributed by atoms with Crippen LogP contribution in [0.5, 0.6) is 17.2 Å². The third kappa shape index (κ3) is 3.15. The first-order valence-electron chi connectivity index (χ1n) is 6.34. The molecule has 4 heteroatoms. The molecule has 0 atom stereocenters. The van der Waals surface area contributed by atoms with Crippen LogP contribution in [0.4, 0.5) is 5.69 Å². The van der Waals surface area contributed by atoms with Crippen LogP contribution >= 0.6 is 0 Å². The van der Waals surface area contributed by atoms with E-state index >= 15 is 0 Å². The van der Waals surface area contributed by atoms with Gasteiger partial charge in [0.2, 0.25) is 0 Å². The minimum Gasteiger partial charge on any atom is -0.495 e. The van der Waals surface area contributed by atoms with Crippen molar-refractivity contribution >= 4 is 5.69 Å². The lowest BCUT2D eigenvalue weighted by Crippen LogP contribution is -2.00. The molecular formula is C16H19NO3. The fourth-order valence-corrected chi connectivity index (χ4v) is 1.93. The molecule has 2 aromatic carbocycles. The SMILES string of the molecule is COc1ccc(COc2ccc(C)cc2OC)cc1N. The number of ether oxygens (including phenoxy) is 3. The summed E-state index contributed by atoms with van der Waals surface area (Å²) in [6.45, 7) is 2.43. The van der Waals surface area contributed by atoms with E-state index in [0.717, 1.165) is 16.9 Å². The predicted octanol–water partition coefficient (Wildman–Crippen LogP) is 3.17. The molecule has 20 heavy (non-hydrogen) atoms. The van der Waals surface area contributed by atoms with E-state index in [-0.39, 0.29) is 0 Å². The number of methoxy groups -OCH3 is 2. The minimum atomic E-state index is 0.424. The molecule has 2 N–H and O–H groups in total. The number of nitrogen functional groups attached to an aromatic ring is 1. The van der Waals surface area contributed by atoms with Gasteiger partial charge in [-0.3, -0.25) is 0 Å². The topological polar surface area (TPSA) is 53.7 Å². The van der Waals surface area contributed by atoms with Gasteiger partial charge in [-0.15, -0.1) is 0 Å². The summed E-state index contributed by atoms with van der Waals surface area (Å²) in [7, 11) is 3.23. The second kappa shape index (κ2) is 6.19. The molecule has 0 heterocycles. The zero-order chi connectivity index (χ0) is 14.5. The van der Waals surface area contributed by atoms with Gasteiger partial charge in [-0.2, -0.15) is 0 Å². The molecule has 0 aromatic heterocycles. The largest absolute Gasteiger partial charge is 0.495 e. The van der Waals surface area contributed by atoms with Crippen molar-refractivity contribution in [3.63, 3.8) is 0 Å². The molecule has 0 saturated carbocycles. The van der Waals surface area contributed by atoms with Crippen molar-refractivity contribution in [2.24, 2.45) is 0 Å². The average molecular weight is 273 g/mol. The Hall–Kier alpha value is -2.36. The highest BCUT2D eigenvalue weighted by Crippen LogP contribution is 2.29. The fraction of sp³-hybridized carbons (Fsp3) is 0.250. The van der Waals surface area contributed by atoms with E-state index in [4.69, 9.17) is 19.9 Å². The Kier molecular flexibility index (Phi) is 4.35. The third-order valence-electron chi connectivity index (χ3n) is 3.01. The van der Waals surface area contributed by atoms with Gasteiger partial charge in [0.1, 0.15) is 12.4 Å². The molecular weight excluding hydrogens is 254 g/mol. The highest BCUT2D eigenvalue weighted by atomic mass is 16.5. The second-order valence-electron chi connectivity index (χ2n) is 4.52. The number of rotatable bonds is 5. The third-order valence-corrected chi connectivity index (χ3v) is 3.01. The lowest BCUT2D eigenvalue weighted by atomic mass is 10.2. The minimum absolute atomic E-state index is 0.424. The monoisotopic (exact) mass is 273 g/mol. The molecule has 0 aliphatic heterocycles. The first kappa shape index (κ1) is 14.1. The number of anilines is 1. The standard InChI is InChI=1S/C16H19NO3/c1-11-4-6-15(16(8-11)19-3)20-10-12-5-7-14(18-2)13(17)9-12/h4-9H,10,17H2,1-3H3. The first-order chi connectivity index (χ1) is 9.63. The van der Waals surface area contributed by atoms with Crippen LogP contribution in [0.15, 0.2) is 36.4 Å². The van der Waals surface area contributed by atoms with Gasteiger partial charge in [0.05, 0.1) is 19.9 Å². The fourth-order valence-electron chi connectivity index (χ4n) is 1.93. The molecule has 0 bridgehead atoms. The molecule has 0 spiro atoms. The maximum Gasteiger partial charge on any atom is 0.161 e. The summed E-state index contributed by atoms with van der Waals surface area (Å²) in [5.74, 6) is 2.11. The maximum absolute atomic E-state index is 5.87. The Bertz CT molecular complexity index is 596. The van der Waals surface area contributed by atoms with Crippen molar-refractivity contribution in [3.8, 4) is 17.2 Å². The van der Waals surface area contributed by atoms with Gasteiger partial charge in [0, 0.05) is 0 Å². The van der Waals surface area contributed by atoms with Gasteiger partial charge in [-0.1, -0.05) is 12.1 Å². The highest BCUT2D eigenvalue weighted by molar-refractivity contribution is 5.54. The smallest absolute Gasteiger partial charge is 0.161 e. The normalized spacial score (nSPS) is 10.2. The van der Waals surface area contributed by atoms with Crippen LogP contribution < -0.4 is 19.9 Å². The summed E-state index contributed by atoms with van der Waals surface area (Å²) in [5, 5.41) is 0. The number of hydrogen-bond acceptors (Lipinski definition) is 4. The van der Waals surface area contributed by atoms with Gasteiger partial charge in [0.15, 0.2) is 11.5 Å². The van der Waals surface area contributed by atoms with Crippen LogP contribution in [0.3, 0.4) is 0 Å². The van der Waals surface area contributed by atoms with Crippen LogP contribution in [0, 0.1) is 6.92 Å². The highest BCUT2D eigenvalue weighted by Gasteiger charge is 2.06. The molecule has 106 valence electrons. The first-order valence-corrected chi connectivity index (χ1v) is 6.34. The number of nitrogens with two attached hydrogens (primary N) is 1. The van der Waals surface area contributed by atoms with Crippen LogP contribution in [-0.4, -0.2) is 14.2 Å². The van der Waals surface area contributed by atoms with E-state index in [0.29, 0.717) is 23.8 Å². The van der Waals surface area contributed by atoms with Crippen molar-refractivity contribution in [2.75, 3.05) is 20.0 Å². The van der Waals surface area contributed by atoms with Crippen LogP contribution in [0.25, 0.3) is 0 Å². The quantitative estimate of drug-likeness (QED) is 0.850. The summed E-state index contributed by atoms with van der Waals surface area (Å²) in [4.78, 5) is 0. The summed E-state index contributed by atoms with van der Waals surface area (Å²) < 4.78 is 16.2. The summed E-state index contributed by atoms with van der Waals surface area (Å²) in [6.07, 6.45) is 0. The molecule has 2 rings (SSSR count). The average Bonchev–Trinajstić information content (AvgIpc) is 2.46. The summed E-state index contributed by atoms with van der Waals surface area (Å²) in [5.41, 5.74) is 8.58. The molecule has 0 saturated heterocycles. The van der Waals surface area contributed by atoms with E-state index in [2.05, 4.69) is 0 Å². The molecule has 2 aromatic rings. The Balaban J connectivity index is 2.10. The summed E-state index contributed by atoms with van der Waals surface area (Å²) in [6, 6.07) is 11.4. The van der Waals surface area contributed by atoms with Crippen LogP contribution in [0.2, 0.25) is 0 Å². The maximum atomic E-state index is 5.87. The van der Waals surface area contributed by atoms with E-state index in [1.54, 1.807) is 14.2 Å². The van der Waals surface area contributed by atoms with Crippen molar-refractivity contribution in [1.82, 2.24) is 0 Å². The van der Waals surface area contributed by atoms with Gasteiger partial charge >= 0.3 is 0 Å². The van der Waals surface area contributed by atoms with Gasteiger partial charge in [-0.05, 0) is 42.3 Å². The van der Waals surface area contributed by atoms with Crippen molar-refractivity contribution in [3.05, 3.63) is 47.5 Å². The number of hydrogen-bond donors (Lipinski definition) is 1. The van der Waals surface area contributed by atoms with Crippen LogP contribution in [0.1, 0.15) is 11.1 Å². The number of aryl methyl sites for hydroxylation is 1. The summed E-state index contributed by atoms with van der Waals surface area (Å²) >= 11 is 0. The zero-order valence-corrected chi connectivity index (χ0v) is 12.0. The van der Waals surface area contributed by atoms with Gasteiger partial charge in [-0.25, -0.2) is 0 Å². The molecule has 0 unspecified atom stereocenters. The molecule has 0 fully saturated rings. The Morgan fingerprint density at radius 2 is 1.60 bits per heavy atom. The molecule has 4 nitrogen and oxygen atoms in total. The van der Waals surface area contributed by atoms with Gasteiger partial charge in [0.25, 0.3) is 0 Å². The molecule has 0 radical (unpaired) electrons. The Labute approximate surface area is 119 Å². The molecule has 0 aliphatic rings. The predicted molar refractivity (Wildman–Crippen MR) is 79.5 cm³/mol. The molecule has 0 amide bonds. The second-order valence-corrected chi connectivity index (χ2v) is 4.52. The number of benzene rings is 2. The lowest BCUT2D eigenvalue weighted by Gasteiger charge is -2.12. The molecule has 0 aliphatic carbocycles. The van der Waals surface area contributed by atoms with Crippen molar-refractivity contribution in [1.29, 1.82) is 0 Å². The lowest BCUT2D eigenvalue weighted by molar-refractivity contribution is 0.284. The van der Waals surface area contributed by atoms with Crippen molar-refractivity contribution < 1.29 is 14.2 Å².